The van der Waals surface area contributed by atoms with Gasteiger partial charge in [0.2, 0.25) is 0 Å². The fraction of sp³-hybridized carbons (Fsp3) is 0.556. The molecule has 0 aromatic heterocycles. The fourth-order valence-corrected chi connectivity index (χ4v) is 2.96. The lowest BCUT2D eigenvalue weighted by molar-refractivity contribution is -0.158. The maximum absolute atomic E-state index is 12.3. The molecular weight excluding hydrogens is 308 g/mol. The molecule has 6 heteroatoms. The molecule has 1 aromatic carbocycles. The van der Waals surface area contributed by atoms with Gasteiger partial charge in [-0.05, 0) is 26.3 Å². The lowest BCUT2D eigenvalue weighted by Crippen LogP contribution is -2.61. The van der Waals surface area contributed by atoms with Crippen molar-refractivity contribution < 1.29 is 19.4 Å². The second-order valence-corrected chi connectivity index (χ2v) is 6.45. The molecule has 2 atom stereocenters. The van der Waals surface area contributed by atoms with E-state index in [1.165, 1.54) is 0 Å². The monoisotopic (exact) mass is 334 g/mol. The number of hydrogen-bond acceptors (Lipinski definition) is 5. The number of carboxylic acid groups (broad SMARTS) is 1. The van der Waals surface area contributed by atoms with Crippen molar-refractivity contribution in [2.45, 2.75) is 45.5 Å². The smallest absolute Gasteiger partial charge is 0.323 e. The van der Waals surface area contributed by atoms with Crippen LogP contribution in [0.5, 0.6) is 0 Å². The highest BCUT2D eigenvalue weighted by atomic mass is 16.5. The summed E-state index contributed by atoms with van der Waals surface area (Å²) in [6, 6.07) is 8.47. The number of carboxylic acids is 1. The highest BCUT2D eigenvalue weighted by Gasteiger charge is 2.38. The van der Waals surface area contributed by atoms with Gasteiger partial charge in [-0.15, -0.1) is 0 Å². The molecule has 1 aromatic rings. The van der Waals surface area contributed by atoms with Crippen LogP contribution in [0.25, 0.3) is 0 Å². The van der Waals surface area contributed by atoms with Crippen LogP contribution in [0.15, 0.2) is 30.3 Å². The van der Waals surface area contributed by atoms with Crippen LogP contribution in [0.1, 0.15) is 26.3 Å². The average molecular weight is 334 g/mol. The summed E-state index contributed by atoms with van der Waals surface area (Å²) in [5, 5.41) is 9.53. The van der Waals surface area contributed by atoms with Gasteiger partial charge in [0.05, 0.1) is 0 Å². The van der Waals surface area contributed by atoms with Crippen molar-refractivity contribution in [3.05, 3.63) is 35.9 Å². The lowest BCUT2D eigenvalue weighted by atomic mass is 10.1. The lowest BCUT2D eigenvalue weighted by Gasteiger charge is -2.42. The van der Waals surface area contributed by atoms with E-state index in [1.807, 2.05) is 44.2 Å². The van der Waals surface area contributed by atoms with Gasteiger partial charge in [-0.3, -0.25) is 19.4 Å². The van der Waals surface area contributed by atoms with Crippen LogP contribution in [0.3, 0.4) is 0 Å². The minimum Gasteiger partial charge on any atom is -0.480 e. The average Bonchev–Trinajstić information content (AvgIpc) is 2.59. The first-order valence-corrected chi connectivity index (χ1v) is 8.33. The molecule has 6 nitrogen and oxygen atoms in total. The van der Waals surface area contributed by atoms with Crippen LogP contribution in [0, 0.1) is 0 Å². The summed E-state index contributed by atoms with van der Waals surface area (Å²) in [5.41, 5.74) is 0.914. The van der Waals surface area contributed by atoms with E-state index in [0.29, 0.717) is 13.1 Å². The number of hydrogen-bond donors (Lipinski definition) is 1. The van der Waals surface area contributed by atoms with Crippen molar-refractivity contribution in [1.82, 2.24) is 9.80 Å². The molecule has 0 bridgehead atoms. The molecule has 0 spiro atoms. The first-order chi connectivity index (χ1) is 11.4. The molecule has 1 heterocycles. The van der Waals surface area contributed by atoms with Crippen molar-refractivity contribution in [1.29, 1.82) is 0 Å². The van der Waals surface area contributed by atoms with E-state index in [0.717, 1.165) is 12.1 Å². The van der Waals surface area contributed by atoms with Crippen LogP contribution < -0.4 is 0 Å². The van der Waals surface area contributed by atoms with E-state index < -0.39 is 18.1 Å². The zero-order valence-corrected chi connectivity index (χ0v) is 14.5. The third kappa shape index (κ3) is 4.55. The molecule has 132 valence electrons. The number of rotatable bonds is 6. The van der Waals surface area contributed by atoms with Gasteiger partial charge in [-0.25, -0.2) is 0 Å². The van der Waals surface area contributed by atoms with E-state index >= 15 is 0 Å². The predicted molar refractivity (Wildman–Crippen MR) is 90.5 cm³/mol. The molecule has 24 heavy (non-hydrogen) atoms. The van der Waals surface area contributed by atoms with Crippen LogP contribution in [-0.2, 0) is 20.9 Å². The standard InChI is InChI=1S/C18H26N2O4/c1-13(2)19-9-10-20(16(11-19)17(21)22)14(3)18(23)24-12-15-7-5-4-6-8-15/h4-8,13-14,16H,9-12H2,1-3H3,(H,21,22). The van der Waals surface area contributed by atoms with Gasteiger partial charge in [-0.2, -0.15) is 0 Å². The second-order valence-electron chi connectivity index (χ2n) is 6.45. The normalized spacial score (nSPS) is 20.8. The van der Waals surface area contributed by atoms with Gasteiger partial charge < -0.3 is 9.84 Å². The number of nitrogens with zero attached hydrogens (tertiary/aromatic N) is 2. The van der Waals surface area contributed by atoms with E-state index in [1.54, 1.807) is 11.8 Å². The molecule has 0 aliphatic carbocycles. The predicted octanol–water partition coefficient (Wildman–Crippen LogP) is 1.60. The Morgan fingerprint density at radius 2 is 1.88 bits per heavy atom. The van der Waals surface area contributed by atoms with Gasteiger partial charge >= 0.3 is 11.9 Å². The topological polar surface area (TPSA) is 70.1 Å². The Morgan fingerprint density at radius 3 is 2.46 bits per heavy atom. The Kier molecular flexibility index (Phi) is 6.34. The molecule has 1 aliphatic heterocycles. The minimum absolute atomic E-state index is 0.202. The first kappa shape index (κ1) is 18.4. The number of piperazine rings is 1. The van der Waals surface area contributed by atoms with Crippen LogP contribution in [0.2, 0.25) is 0 Å². The van der Waals surface area contributed by atoms with Gasteiger partial charge in [0.15, 0.2) is 0 Å². The summed E-state index contributed by atoms with van der Waals surface area (Å²) in [5.74, 6) is -1.29. The molecule has 0 amide bonds. The number of carbonyl (C=O) groups excluding carboxylic acids is 1. The maximum Gasteiger partial charge on any atom is 0.323 e. The molecule has 0 saturated carbocycles. The molecule has 1 aliphatic rings. The van der Waals surface area contributed by atoms with Gasteiger partial charge in [0, 0.05) is 25.7 Å². The van der Waals surface area contributed by atoms with Crippen molar-refractivity contribution in [2.24, 2.45) is 0 Å². The largest absolute Gasteiger partial charge is 0.480 e. The molecule has 1 N–H and O–H groups in total. The summed E-state index contributed by atoms with van der Waals surface area (Å²) in [6.07, 6.45) is 0. The molecule has 0 radical (unpaired) electrons. The zero-order valence-electron chi connectivity index (χ0n) is 14.5. The molecule has 1 fully saturated rings. The van der Waals surface area contributed by atoms with Gasteiger partial charge in [-0.1, -0.05) is 30.3 Å². The van der Waals surface area contributed by atoms with Crippen LogP contribution in [-0.4, -0.2) is 64.6 Å². The Balaban J connectivity index is 1.97. The Morgan fingerprint density at radius 1 is 1.21 bits per heavy atom. The van der Waals surface area contributed by atoms with Gasteiger partial charge in [0.25, 0.3) is 0 Å². The van der Waals surface area contributed by atoms with Crippen LogP contribution >= 0.6 is 0 Å². The number of aliphatic carboxylic acids is 1. The van der Waals surface area contributed by atoms with Crippen molar-refractivity contribution in [2.75, 3.05) is 19.6 Å². The summed E-state index contributed by atoms with van der Waals surface area (Å²) in [4.78, 5) is 27.8. The minimum atomic E-state index is -0.900. The maximum atomic E-state index is 12.3. The molecular formula is C18H26N2O4. The third-order valence-electron chi connectivity index (χ3n) is 4.53. The molecule has 1 saturated heterocycles. The van der Waals surface area contributed by atoms with Crippen molar-refractivity contribution in [3.63, 3.8) is 0 Å². The van der Waals surface area contributed by atoms with Crippen molar-refractivity contribution in [3.8, 4) is 0 Å². The summed E-state index contributed by atoms with van der Waals surface area (Å²) < 4.78 is 5.36. The Labute approximate surface area is 143 Å². The first-order valence-electron chi connectivity index (χ1n) is 8.33. The zero-order chi connectivity index (χ0) is 17.7. The van der Waals surface area contributed by atoms with E-state index in [-0.39, 0.29) is 18.6 Å². The van der Waals surface area contributed by atoms with Crippen LogP contribution in [0.4, 0.5) is 0 Å². The third-order valence-corrected chi connectivity index (χ3v) is 4.53. The highest BCUT2D eigenvalue weighted by Crippen LogP contribution is 2.17. The quantitative estimate of drug-likeness (QED) is 0.797. The molecule has 2 rings (SSSR count). The summed E-state index contributed by atoms with van der Waals surface area (Å²) in [7, 11) is 0. The van der Waals surface area contributed by atoms with Crippen molar-refractivity contribution >= 4 is 11.9 Å². The second kappa shape index (κ2) is 8.26. The number of benzene rings is 1. The van der Waals surface area contributed by atoms with E-state index in [9.17, 15) is 14.7 Å². The Bertz CT molecular complexity index is 561. The summed E-state index contributed by atoms with van der Waals surface area (Å²) in [6.45, 7) is 7.72. The summed E-state index contributed by atoms with van der Waals surface area (Å²) >= 11 is 0. The van der Waals surface area contributed by atoms with E-state index in [4.69, 9.17) is 4.74 Å². The van der Waals surface area contributed by atoms with E-state index in [2.05, 4.69) is 4.90 Å². The van der Waals surface area contributed by atoms with Gasteiger partial charge in [0.1, 0.15) is 18.7 Å². The Hall–Kier alpha value is -1.92. The molecule has 2 unspecified atom stereocenters. The number of esters is 1. The number of ether oxygens (including phenoxy) is 1. The fourth-order valence-electron chi connectivity index (χ4n) is 2.96. The highest BCUT2D eigenvalue weighted by molar-refractivity contribution is 5.78. The SMILES string of the molecule is CC(C)N1CCN(C(C)C(=O)OCc2ccccc2)C(C(=O)O)C1. The number of carbonyl (C=O) groups is 2.